The summed E-state index contributed by atoms with van der Waals surface area (Å²) in [6.07, 6.45) is 1.84. The van der Waals surface area contributed by atoms with Gasteiger partial charge in [0.1, 0.15) is 11.9 Å². The second-order valence-corrected chi connectivity index (χ2v) is 6.65. The fourth-order valence-electron chi connectivity index (χ4n) is 1.68. The van der Waals surface area contributed by atoms with Crippen LogP contribution in [0.3, 0.4) is 0 Å². The van der Waals surface area contributed by atoms with Gasteiger partial charge in [-0.05, 0) is 18.2 Å². The summed E-state index contributed by atoms with van der Waals surface area (Å²) in [6.45, 7) is 6.94. The number of anilines is 1. The largest absolute Gasteiger partial charge is 0.379 e. The smallest absolute Gasteiger partial charge is 0.124 e. The number of hydrogen-bond acceptors (Lipinski definition) is 4. The average molecular weight is 289 g/mol. The molecule has 1 heterocycles. The summed E-state index contributed by atoms with van der Waals surface area (Å²) in [5.41, 5.74) is 0.988. The molecule has 1 aromatic carbocycles. The van der Waals surface area contributed by atoms with Gasteiger partial charge in [0.05, 0.1) is 22.8 Å². The van der Waals surface area contributed by atoms with E-state index in [-0.39, 0.29) is 5.41 Å². The molecule has 3 nitrogen and oxygen atoms in total. The maximum atomic E-state index is 13.0. The van der Waals surface area contributed by atoms with Crippen LogP contribution in [0.4, 0.5) is 10.1 Å². The van der Waals surface area contributed by atoms with E-state index < -0.39 is 5.82 Å². The molecule has 0 aliphatic carbocycles. The van der Waals surface area contributed by atoms with Gasteiger partial charge in [-0.15, -0.1) is 11.3 Å². The van der Waals surface area contributed by atoms with E-state index in [1.165, 1.54) is 12.1 Å². The van der Waals surface area contributed by atoms with E-state index in [9.17, 15) is 4.39 Å². The Balaban J connectivity index is 2.10. The number of aromatic nitrogens is 1. The molecule has 104 valence electrons. The molecule has 0 saturated heterocycles. The third-order valence-corrected chi connectivity index (χ3v) is 4.17. The zero-order valence-electron chi connectivity index (χ0n) is 11.7. The molecule has 0 spiro atoms. The quantitative estimate of drug-likeness (QED) is 0.926. The Morgan fingerprint density at radius 1 is 1.40 bits per heavy atom. The van der Waals surface area contributed by atoms with E-state index in [2.05, 4.69) is 31.1 Å². The van der Waals surface area contributed by atoms with Gasteiger partial charge < -0.3 is 5.32 Å². The van der Waals surface area contributed by atoms with E-state index in [4.69, 9.17) is 5.26 Å². The van der Waals surface area contributed by atoms with Crippen LogP contribution in [-0.4, -0.2) is 4.98 Å². The molecule has 1 N–H and O–H groups in total. The molecule has 20 heavy (non-hydrogen) atoms. The van der Waals surface area contributed by atoms with Gasteiger partial charge in [-0.3, -0.25) is 0 Å². The summed E-state index contributed by atoms with van der Waals surface area (Å²) >= 11 is 1.65. The minimum atomic E-state index is -0.403. The van der Waals surface area contributed by atoms with Crippen molar-refractivity contribution >= 4 is 17.0 Å². The first-order valence-electron chi connectivity index (χ1n) is 6.29. The Morgan fingerprint density at radius 2 is 2.15 bits per heavy atom. The normalized spacial score (nSPS) is 11.2. The third kappa shape index (κ3) is 3.34. The lowest BCUT2D eigenvalue weighted by Crippen LogP contribution is -2.09. The van der Waals surface area contributed by atoms with Gasteiger partial charge in [0.2, 0.25) is 0 Å². The molecule has 5 heteroatoms. The highest BCUT2D eigenvalue weighted by Crippen LogP contribution is 2.27. The summed E-state index contributed by atoms with van der Waals surface area (Å²) in [7, 11) is 0. The summed E-state index contributed by atoms with van der Waals surface area (Å²) in [6, 6.07) is 6.15. The van der Waals surface area contributed by atoms with Gasteiger partial charge in [-0.25, -0.2) is 9.37 Å². The van der Waals surface area contributed by atoms with Crippen LogP contribution < -0.4 is 5.32 Å². The molecule has 0 amide bonds. The highest BCUT2D eigenvalue weighted by Gasteiger charge is 2.17. The second kappa shape index (κ2) is 5.59. The van der Waals surface area contributed by atoms with E-state index in [1.54, 1.807) is 17.4 Å². The van der Waals surface area contributed by atoms with Crippen molar-refractivity contribution < 1.29 is 4.39 Å². The Hall–Kier alpha value is -1.93. The topological polar surface area (TPSA) is 48.7 Å². The van der Waals surface area contributed by atoms with Gasteiger partial charge in [-0.1, -0.05) is 20.8 Å². The van der Waals surface area contributed by atoms with Crippen LogP contribution >= 0.6 is 11.3 Å². The maximum absolute atomic E-state index is 13.0. The lowest BCUT2D eigenvalue weighted by Gasteiger charge is -2.13. The fourth-order valence-corrected chi connectivity index (χ4v) is 2.59. The van der Waals surface area contributed by atoms with Crippen LogP contribution in [0.2, 0.25) is 0 Å². The molecule has 0 saturated carbocycles. The lowest BCUT2D eigenvalue weighted by molar-refractivity contribution is 0.585. The number of benzene rings is 1. The van der Waals surface area contributed by atoms with Crippen LogP contribution in [0, 0.1) is 17.1 Å². The predicted octanol–water partition coefficient (Wildman–Crippen LogP) is 4.06. The van der Waals surface area contributed by atoms with Crippen molar-refractivity contribution in [1.82, 2.24) is 4.98 Å². The second-order valence-electron chi connectivity index (χ2n) is 5.54. The number of nitrogens with one attached hydrogen (secondary N) is 1. The average Bonchev–Trinajstić information content (AvgIpc) is 2.86. The zero-order chi connectivity index (χ0) is 14.8. The molecular weight excluding hydrogens is 273 g/mol. The molecule has 0 fully saturated rings. The van der Waals surface area contributed by atoms with Crippen molar-refractivity contribution in [2.24, 2.45) is 0 Å². The lowest BCUT2D eigenvalue weighted by atomic mass is 9.98. The van der Waals surface area contributed by atoms with Crippen molar-refractivity contribution in [2.45, 2.75) is 32.7 Å². The minimum Gasteiger partial charge on any atom is -0.379 e. The summed E-state index contributed by atoms with van der Waals surface area (Å²) in [5, 5.41) is 13.2. The molecule has 2 aromatic rings. The van der Waals surface area contributed by atoms with Crippen LogP contribution in [0.25, 0.3) is 0 Å². The zero-order valence-corrected chi connectivity index (χ0v) is 12.5. The minimum absolute atomic E-state index is 0.0383. The monoisotopic (exact) mass is 289 g/mol. The summed E-state index contributed by atoms with van der Waals surface area (Å²) in [5.74, 6) is -0.403. The van der Waals surface area contributed by atoms with E-state index in [1.807, 2.05) is 12.3 Å². The highest BCUT2D eigenvalue weighted by molar-refractivity contribution is 7.11. The maximum Gasteiger partial charge on any atom is 0.124 e. The number of thiazole rings is 1. The van der Waals surface area contributed by atoms with Crippen LogP contribution in [0.5, 0.6) is 0 Å². The molecular formula is C15H16FN3S. The van der Waals surface area contributed by atoms with Gasteiger partial charge in [0.25, 0.3) is 0 Å². The molecule has 0 unspecified atom stereocenters. The Bertz CT molecular complexity index is 650. The summed E-state index contributed by atoms with van der Waals surface area (Å²) in [4.78, 5) is 5.50. The van der Waals surface area contributed by atoms with Crippen LogP contribution in [0.1, 0.15) is 36.2 Å². The molecule has 1 aromatic heterocycles. The van der Waals surface area contributed by atoms with Crippen molar-refractivity contribution in [3.8, 4) is 6.07 Å². The fraction of sp³-hybridized carbons (Fsp3) is 0.333. The Labute approximate surface area is 122 Å². The standard InChI is InChI=1S/C15H16FN3S/c1-15(2,3)14-19-9-12(20-14)8-18-13-5-4-11(16)6-10(13)7-17/h4-6,9,18H,8H2,1-3H3. The van der Waals surface area contributed by atoms with Gasteiger partial charge in [-0.2, -0.15) is 5.26 Å². The van der Waals surface area contributed by atoms with Gasteiger partial charge >= 0.3 is 0 Å². The van der Waals surface area contributed by atoms with Crippen LogP contribution in [-0.2, 0) is 12.0 Å². The SMILES string of the molecule is CC(C)(C)c1ncc(CNc2ccc(F)cc2C#N)s1. The summed E-state index contributed by atoms with van der Waals surface area (Å²) < 4.78 is 13.0. The first kappa shape index (κ1) is 14.5. The van der Waals surface area contributed by atoms with Gasteiger partial charge in [0, 0.05) is 16.5 Å². The van der Waals surface area contributed by atoms with Gasteiger partial charge in [0.15, 0.2) is 0 Å². The van der Waals surface area contributed by atoms with E-state index in [0.29, 0.717) is 17.8 Å². The highest BCUT2D eigenvalue weighted by atomic mass is 32.1. The molecule has 0 atom stereocenters. The molecule has 0 bridgehead atoms. The van der Waals surface area contributed by atoms with Crippen molar-refractivity contribution in [1.29, 1.82) is 5.26 Å². The first-order valence-corrected chi connectivity index (χ1v) is 7.10. The first-order chi connectivity index (χ1) is 9.40. The van der Waals surface area contributed by atoms with E-state index >= 15 is 0 Å². The third-order valence-electron chi connectivity index (χ3n) is 2.75. The number of hydrogen-bond donors (Lipinski definition) is 1. The Morgan fingerprint density at radius 3 is 2.75 bits per heavy atom. The predicted molar refractivity (Wildman–Crippen MR) is 79.3 cm³/mol. The van der Waals surface area contributed by atoms with Crippen molar-refractivity contribution in [2.75, 3.05) is 5.32 Å². The number of nitrogens with zero attached hydrogens (tertiary/aromatic N) is 2. The molecule has 0 radical (unpaired) electrons. The molecule has 0 aliphatic heterocycles. The van der Waals surface area contributed by atoms with Crippen LogP contribution in [0.15, 0.2) is 24.4 Å². The number of rotatable bonds is 3. The van der Waals surface area contributed by atoms with Crippen molar-refractivity contribution in [3.05, 3.63) is 45.7 Å². The number of halogens is 1. The van der Waals surface area contributed by atoms with E-state index in [0.717, 1.165) is 9.88 Å². The number of nitriles is 1. The Kier molecular flexibility index (Phi) is 4.05. The molecule has 2 rings (SSSR count). The van der Waals surface area contributed by atoms with Crippen molar-refractivity contribution in [3.63, 3.8) is 0 Å². The molecule has 0 aliphatic rings.